The van der Waals surface area contributed by atoms with Crippen molar-refractivity contribution in [2.45, 2.75) is 6.92 Å². The van der Waals surface area contributed by atoms with Crippen molar-refractivity contribution in [2.75, 3.05) is 43.1 Å². The van der Waals surface area contributed by atoms with E-state index in [2.05, 4.69) is 70.2 Å². The number of methoxy groups -OCH3 is 1. The molecule has 4 nitrogen and oxygen atoms in total. The Kier molecular flexibility index (Phi) is 5.80. The Hall–Kier alpha value is -3.27. The van der Waals surface area contributed by atoms with Crippen LogP contribution >= 0.6 is 0 Å². The van der Waals surface area contributed by atoms with Crippen LogP contribution in [-0.4, -0.2) is 39.5 Å². The lowest BCUT2D eigenvalue weighted by molar-refractivity contribution is 0.414. The molecule has 1 heterocycles. The van der Waals surface area contributed by atoms with Gasteiger partial charge in [0.25, 0.3) is 0 Å². The third kappa shape index (κ3) is 4.60. The van der Waals surface area contributed by atoms with Gasteiger partial charge in [-0.25, -0.2) is 0 Å². The van der Waals surface area contributed by atoms with Crippen molar-refractivity contribution in [3.8, 4) is 5.75 Å². The van der Waals surface area contributed by atoms with Gasteiger partial charge in [-0.2, -0.15) is 0 Å². The Morgan fingerprint density at radius 2 is 1.31 bits per heavy atom. The molecule has 0 saturated carbocycles. The summed E-state index contributed by atoms with van der Waals surface area (Å²) in [5, 5.41) is 0. The molecule has 3 aromatic rings. The van der Waals surface area contributed by atoms with E-state index in [9.17, 15) is 0 Å². The number of para-hydroxylation sites is 1. The molecule has 0 spiro atoms. The van der Waals surface area contributed by atoms with E-state index in [1.165, 1.54) is 16.9 Å². The second kappa shape index (κ2) is 8.82. The van der Waals surface area contributed by atoms with Gasteiger partial charge in [0.15, 0.2) is 0 Å². The molecular formula is C25H27N3O. The maximum absolute atomic E-state index is 5.38. The summed E-state index contributed by atoms with van der Waals surface area (Å²) < 4.78 is 5.38. The lowest BCUT2D eigenvalue weighted by Gasteiger charge is -2.37. The Balaban J connectivity index is 1.37. The predicted octanol–water partition coefficient (Wildman–Crippen LogP) is 5.08. The van der Waals surface area contributed by atoms with Crippen LogP contribution in [0.3, 0.4) is 0 Å². The van der Waals surface area contributed by atoms with Crippen LogP contribution in [0.2, 0.25) is 0 Å². The number of benzene rings is 3. The Bertz CT molecular complexity index is 956. The summed E-state index contributed by atoms with van der Waals surface area (Å²) in [6.45, 7) is 6.26. The van der Waals surface area contributed by atoms with Crippen LogP contribution in [0.1, 0.15) is 11.1 Å². The molecule has 4 rings (SSSR count). The minimum Gasteiger partial charge on any atom is -0.496 e. The molecule has 0 amide bonds. The highest BCUT2D eigenvalue weighted by molar-refractivity contribution is 5.85. The van der Waals surface area contributed by atoms with Crippen molar-refractivity contribution in [3.05, 3.63) is 83.9 Å². The summed E-state index contributed by atoms with van der Waals surface area (Å²) >= 11 is 0. The van der Waals surface area contributed by atoms with Crippen LogP contribution in [0.5, 0.6) is 5.75 Å². The number of nitrogens with zero attached hydrogens (tertiary/aromatic N) is 3. The third-order valence-electron chi connectivity index (χ3n) is 5.39. The van der Waals surface area contributed by atoms with Crippen molar-refractivity contribution in [3.63, 3.8) is 0 Å². The lowest BCUT2D eigenvalue weighted by Crippen LogP contribution is -2.46. The summed E-state index contributed by atoms with van der Waals surface area (Å²) in [6.07, 6.45) is 1.86. The smallest absolute Gasteiger partial charge is 0.127 e. The molecular weight excluding hydrogens is 358 g/mol. The van der Waals surface area contributed by atoms with Crippen molar-refractivity contribution in [2.24, 2.45) is 4.99 Å². The Morgan fingerprint density at radius 1 is 0.759 bits per heavy atom. The van der Waals surface area contributed by atoms with Gasteiger partial charge in [-0.3, -0.25) is 4.99 Å². The third-order valence-corrected chi connectivity index (χ3v) is 5.39. The minimum atomic E-state index is 0.833. The second-order valence-electron chi connectivity index (χ2n) is 7.33. The van der Waals surface area contributed by atoms with E-state index in [-0.39, 0.29) is 0 Å². The topological polar surface area (TPSA) is 28.1 Å². The van der Waals surface area contributed by atoms with Crippen molar-refractivity contribution in [1.29, 1.82) is 0 Å². The average molecular weight is 386 g/mol. The molecule has 0 bridgehead atoms. The van der Waals surface area contributed by atoms with E-state index >= 15 is 0 Å². The number of aliphatic imine (C=N–C) groups is 1. The first-order chi connectivity index (χ1) is 14.2. The molecule has 29 heavy (non-hydrogen) atoms. The summed E-state index contributed by atoms with van der Waals surface area (Å²) in [5.74, 6) is 0.833. The van der Waals surface area contributed by atoms with Crippen LogP contribution < -0.4 is 14.5 Å². The summed E-state index contributed by atoms with van der Waals surface area (Å²) in [5.41, 5.74) is 5.80. The monoisotopic (exact) mass is 385 g/mol. The second-order valence-corrected chi connectivity index (χ2v) is 7.33. The first kappa shape index (κ1) is 19.1. The largest absolute Gasteiger partial charge is 0.496 e. The Morgan fingerprint density at radius 3 is 1.90 bits per heavy atom. The first-order valence-corrected chi connectivity index (χ1v) is 10.1. The van der Waals surface area contributed by atoms with Gasteiger partial charge in [0.05, 0.1) is 12.8 Å². The van der Waals surface area contributed by atoms with Crippen molar-refractivity contribution >= 4 is 23.3 Å². The summed E-state index contributed by atoms with van der Waals surface area (Å²) in [6, 6.07) is 25.2. The van der Waals surface area contributed by atoms with E-state index in [0.717, 1.165) is 43.2 Å². The fraction of sp³-hybridized carbons (Fsp3) is 0.240. The fourth-order valence-corrected chi connectivity index (χ4v) is 3.65. The van der Waals surface area contributed by atoms with Gasteiger partial charge < -0.3 is 14.5 Å². The molecule has 0 radical (unpaired) electrons. The van der Waals surface area contributed by atoms with Gasteiger partial charge in [-0.1, -0.05) is 29.8 Å². The highest BCUT2D eigenvalue weighted by Gasteiger charge is 2.17. The van der Waals surface area contributed by atoms with Crippen LogP contribution in [0.15, 0.2) is 77.8 Å². The average Bonchev–Trinajstić information content (AvgIpc) is 2.79. The number of rotatable bonds is 5. The van der Waals surface area contributed by atoms with E-state index in [4.69, 9.17) is 4.74 Å². The molecule has 0 atom stereocenters. The molecule has 1 aliphatic heterocycles. The van der Waals surface area contributed by atoms with Crippen LogP contribution in [0, 0.1) is 6.92 Å². The maximum atomic E-state index is 5.38. The number of piperazine rings is 1. The van der Waals surface area contributed by atoms with E-state index in [1.54, 1.807) is 7.11 Å². The zero-order chi connectivity index (χ0) is 20.1. The number of ether oxygens (including phenoxy) is 1. The molecule has 3 aromatic carbocycles. The summed E-state index contributed by atoms with van der Waals surface area (Å²) in [7, 11) is 1.68. The quantitative estimate of drug-likeness (QED) is 0.573. The normalized spacial score (nSPS) is 14.4. The Labute approximate surface area is 173 Å². The first-order valence-electron chi connectivity index (χ1n) is 10.1. The number of hydrogen-bond donors (Lipinski definition) is 0. The van der Waals surface area contributed by atoms with E-state index in [1.807, 2.05) is 30.5 Å². The number of anilines is 2. The van der Waals surface area contributed by atoms with Gasteiger partial charge in [-0.05, 0) is 55.5 Å². The van der Waals surface area contributed by atoms with Crippen LogP contribution in [-0.2, 0) is 0 Å². The maximum Gasteiger partial charge on any atom is 0.127 e. The molecule has 1 saturated heterocycles. The number of aryl methyl sites for hydroxylation is 1. The zero-order valence-corrected chi connectivity index (χ0v) is 17.1. The van der Waals surface area contributed by atoms with Gasteiger partial charge in [0.1, 0.15) is 5.75 Å². The SMILES string of the molecule is COc1ccccc1C=Nc1ccc(N2CCN(c3ccc(C)cc3)CC2)cc1. The standard InChI is InChI=1S/C25H27N3O/c1-20-7-11-23(12-8-20)27-15-17-28(18-16-27)24-13-9-22(10-14-24)26-19-21-5-3-4-6-25(21)29-2/h3-14,19H,15-18H2,1-2H3. The summed E-state index contributed by atoms with van der Waals surface area (Å²) in [4.78, 5) is 9.50. The molecule has 1 aliphatic rings. The van der Waals surface area contributed by atoms with Gasteiger partial charge in [-0.15, -0.1) is 0 Å². The van der Waals surface area contributed by atoms with Crippen LogP contribution in [0.4, 0.5) is 17.1 Å². The van der Waals surface area contributed by atoms with Gasteiger partial charge in [0, 0.05) is 49.3 Å². The molecule has 0 aliphatic carbocycles. The van der Waals surface area contributed by atoms with E-state index in [0.29, 0.717) is 0 Å². The highest BCUT2D eigenvalue weighted by atomic mass is 16.5. The molecule has 0 unspecified atom stereocenters. The molecule has 4 heteroatoms. The van der Waals surface area contributed by atoms with Crippen molar-refractivity contribution in [1.82, 2.24) is 0 Å². The van der Waals surface area contributed by atoms with E-state index < -0.39 is 0 Å². The minimum absolute atomic E-state index is 0.833. The number of hydrogen-bond acceptors (Lipinski definition) is 4. The molecule has 1 fully saturated rings. The highest BCUT2D eigenvalue weighted by Crippen LogP contribution is 2.24. The van der Waals surface area contributed by atoms with Gasteiger partial charge >= 0.3 is 0 Å². The molecule has 0 aromatic heterocycles. The fourth-order valence-electron chi connectivity index (χ4n) is 3.65. The predicted molar refractivity (Wildman–Crippen MR) is 122 cm³/mol. The van der Waals surface area contributed by atoms with Crippen LogP contribution in [0.25, 0.3) is 0 Å². The zero-order valence-electron chi connectivity index (χ0n) is 17.1. The molecule has 0 N–H and O–H groups in total. The van der Waals surface area contributed by atoms with Gasteiger partial charge in [0.2, 0.25) is 0 Å². The lowest BCUT2D eigenvalue weighted by atomic mass is 10.2. The molecule has 148 valence electrons. The van der Waals surface area contributed by atoms with Crippen molar-refractivity contribution < 1.29 is 4.74 Å².